The standard InChI is InChI=1S/C23H22FN3O2/c1-2-12-27-22(28)20(17-8-10-18(24)11-9-17)21(23(27)29)26-15-13-25(14-16-26)19-6-4-3-5-7-19/h2-11H,1,12-16H2. The van der Waals surface area contributed by atoms with Gasteiger partial charge in [0.2, 0.25) is 0 Å². The van der Waals surface area contributed by atoms with Gasteiger partial charge in [0.05, 0.1) is 5.57 Å². The average Bonchev–Trinajstić information content (AvgIpc) is 3.00. The average molecular weight is 391 g/mol. The Hall–Kier alpha value is -3.41. The van der Waals surface area contributed by atoms with E-state index in [-0.39, 0.29) is 24.2 Å². The van der Waals surface area contributed by atoms with E-state index >= 15 is 0 Å². The van der Waals surface area contributed by atoms with Gasteiger partial charge in [-0.3, -0.25) is 14.5 Å². The Bertz CT molecular complexity index is 961. The molecule has 2 aliphatic heterocycles. The molecule has 0 bridgehead atoms. The second-order valence-corrected chi connectivity index (χ2v) is 7.05. The number of imide groups is 1. The predicted octanol–water partition coefficient (Wildman–Crippen LogP) is 2.91. The zero-order chi connectivity index (χ0) is 20.4. The summed E-state index contributed by atoms with van der Waals surface area (Å²) in [5, 5.41) is 0. The van der Waals surface area contributed by atoms with Gasteiger partial charge in [-0.05, 0) is 29.8 Å². The van der Waals surface area contributed by atoms with Gasteiger partial charge in [-0.15, -0.1) is 6.58 Å². The third kappa shape index (κ3) is 3.53. The summed E-state index contributed by atoms with van der Waals surface area (Å²) < 4.78 is 13.4. The molecule has 0 N–H and O–H groups in total. The minimum Gasteiger partial charge on any atom is -0.368 e. The van der Waals surface area contributed by atoms with Crippen LogP contribution in [0.3, 0.4) is 0 Å². The van der Waals surface area contributed by atoms with Gasteiger partial charge in [0.1, 0.15) is 11.5 Å². The first-order valence-electron chi connectivity index (χ1n) is 9.62. The Balaban J connectivity index is 1.64. The fourth-order valence-electron chi connectivity index (χ4n) is 3.86. The van der Waals surface area contributed by atoms with E-state index in [9.17, 15) is 14.0 Å². The van der Waals surface area contributed by atoms with Crippen molar-refractivity contribution in [1.29, 1.82) is 0 Å². The summed E-state index contributed by atoms with van der Waals surface area (Å²) in [7, 11) is 0. The van der Waals surface area contributed by atoms with Crippen LogP contribution in [0.15, 0.2) is 72.9 Å². The zero-order valence-electron chi connectivity index (χ0n) is 16.1. The first-order valence-corrected chi connectivity index (χ1v) is 9.62. The number of carbonyl (C=O) groups is 2. The van der Waals surface area contributed by atoms with E-state index in [1.54, 1.807) is 12.1 Å². The Morgan fingerprint density at radius 3 is 2.10 bits per heavy atom. The Kier molecular flexibility index (Phi) is 5.16. The summed E-state index contributed by atoms with van der Waals surface area (Å²) in [6.45, 7) is 6.53. The molecule has 1 fully saturated rings. The van der Waals surface area contributed by atoms with E-state index in [1.165, 1.54) is 23.1 Å². The van der Waals surface area contributed by atoms with Crippen molar-refractivity contribution in [1.82, 2.24) is 9.80 Å². The van der Waals surface area contributed by atoms with Crippen LogP contribution in [0.5, 0.6) is 0 Å². The molecular weight excluding hydrogens is 369 g/mol. The summed E-state index contributed by atoms with van der Waals surface area (Å²) >= 11 is 0. The van der Waals surface area contributed by atoms with Crippen LogP contribution in [0.4, 0.5) is 10.1 Å². The molecular formula is C23H22FN3O2. The van der Waals surface area contributed by atoms with E-state index < -0.39 is 0 Å². The van der Waals surface area contributed by atoms with E-state index in [0.29, 0.717) is 29.9 Å². The van der Waals surface area contributed by atoms with Gasteiger partial charge in [-0.2, -0.15) is 0 Å². The SMILES string of the molecule is C=CCN1C(=O)C(c2ccc(F)cc2)=C(N2CCN(c3ccccc3)CC2)C1=O. The number of para-hydroxylation sites is 1. The molecule has 0 unspecified atom stereocenters. The number of piperazine rings is 1. The maximum absolute atomic E-state index is 13.4. The maximum atomic E-state index is 13.4. The number of amides is 2. The van der Waals surface area contributed by atoms with Crippen molar-refractivity contribution in [3.05, 3.63) is 84.3 Å². The van der Waals surface area contributed by atoms with Crippen molar-refractivity contribution in [2.75, 3.05) is 37.6 Å². The number of nitrogens with zero attached hydrogens (tertiary/aromatic N) is 3. The van der Waals surface area contributed by atoms with Gasteiger partial charge >= 0.3 is 0 Å². The van der Waals surface area contributed by atoms with Gasteiger partial charge in [0.15, 0.2) is 0 Å². The van der Waals surface area contributed by atoms with Crippen molar-refractivity contribution in [2.45, 2.75) is 0 Å². The topological polar surface area (TPSA) is 43.9 Å². The molecule has 4 rings (SSSR count). The Labute approximate surface area is 169 Å². The molecule has 0 atom stereocenters. The molecule has 0 spiro atoms. The van der Waals surface area contributed by atoms with Gasteiger partial charge < -0.3 is 9.80 Å². The normalized spacial score (nSPS) is 17.3. The summed E-state index contributed by atoms with van der Waals surface area (Å²) in [4.78, 5) is 31.5. The van der Waals surface area contributed by atoms with E-state index in [2.05, 4.69) is 23.6 Å². The summed E-state index contributed by atoms with van der Waals surface area (Å²) in [5.41, 5.74) is 2.43. The first kappa shape index (κ1) is 18.9. The third-order valence-corrected chi connectivity index (χ3v) is 5.31. The molecule has 29 heavy (non-hydrogen) atoms. The molecule has 1 saturated heterocycles. The van der Waals surface area contributed by atoms with Crippen LogP contribution in [0, 0.1) is 5.82 Å². The number of rotatable bonds is 5. The smallest absolute Gasteiger partial charge is 0.278 e. The number of hydrogen-bond donors (Lipinski definition) is 0. The van der Waals surface area contributed by atoms with Crippen LogP contribution in [-0.2, 0) is 9.59 Å². The lowest BCUT2D eigenvalue weighted by Crippen LogP contribution is -2.47. The van der Waals surface area contributed by atoms with Gasteiger partial charge in [-0.25, -0.2) is 4.39 Å². The molecule has 0 aliphatic carbocycles. The van der Waals surface area contributed by atoms with Gasteiger partial charge in [0, 0.05) is 38.4 Å². The molecule has 2 heterocycles. The lowest BCUT2D eigenvalue weighted by Gasteiger charge is -2.37. The number of hydrogen-bond acceptors (Lipinski definition) is 4. The number of benzene rings is 2. The lowest BCUT2D eigenvalue weighted by molar-refractivity contribution is -0.136. The molecule has 0 saturated carbocycles. The highest BCUT2D eigenvalue weighted by Crippen LogP contribution is 2.32. The van der Waals surface area contributed by atoms with Crippen molar-refractivity contribution >= 4 is 23.1 Å². The quantitative estimate of drug-likeness (QED) is 0.581. The summed E-state index contributed by atoms with van der Waals surface area (Å²) in [6.07, 6.45) is 1.54. The van der Waals surface area contributed by atoms with Crippen molar-refractivity contribution in [3.63, 3.8) is 0 Å². The molecule has 2 aromatic carbocycles. The highest BCUT2D eigenvalue weighted by Gasteiger charge is 2.41. The molecule has 2 aliphatic rings. The first-order chi connectivity index (χ1) is 14.1. The van der Waals surface area contributed by atoms with Crippen LogP contribution >= 0.6 is 0 Å². The van der Waals surface area contributed by atoms with Gasteiger partial charge in [0.25, 0.3) is 11.8 Å². The van der Waals surface area contributed by atoms with E-state index in [4.69, 9.17) is 0 Å². The Morgan fingerprint density at radius 2 is 1.48 bits per heavy atom. The highest BCUT2D eigenvalue weighted by molar-refractivity contribution is 6.35. The molecule has 148 valence electrons. The van der Waals surface area contributed by atoms with Crippen LogP contribution in [0.1, 0.15) is 5.56 Å². The zero-order valence-corrected chi connectivity index (χ0v) is 16.1. The minimum absolute atomic E-state index is 0.149. The second kappa shape index (κ2) is 7.91. The maximum Gasteiger partial charge on any atom is 0.278 e. The Morgan fingerprint density at radius 1 is 0.862 bits per heavy atom. The lowest BCUT2D eigenvalue weighted by atomic mass is 10.0. The molecule has 5 nitrogen and oxygen atoms in total. The number of carbonyl (C=O) groups excluding carboxylic acids is 2. The highest BCUT2D eigenvalue weighted by atomic mass is 19.1. The van der Waals surface area contributed by atoms with E-state index in [0.717, 1.165) is 18.8 Å². The summed E-state index contributed by atoms with van der Waals surface area (Å²) in [5.74, 6) is -1.06. The van der Waals surface area contributed by atoms with Crippen molar-refractivity contribution in [2.24, 2.45) is 0 Å². The van der Waals surface area contributed by atoms with Gasteiger partial charge in [-0.1, -0.05) is 36.4 Å². The number of anilines is 1. The second-order valence-electron chi connectivity index (χ2n) is 7.05. The predicted molar refractivity (Wildman–Crippen MR) is 110 cm³/mol. The van der Waals surface area contributed by atoms with Crippen LogP contribution in [0.25, 0.3) is 5.57 Å². The third-order valence-electron chi connectivity index (χ3n) is 5.31. The fraction of sp³-hybridized carbons (Fsp3) is 0.217. The molecule has 2 aromatic rings. The van der Waals surface area contributed by atoms with E-state index in [1.807, 2.05) is 23.1 Å². The largest absolute Gasteiger partial charge is 0.368 e. The van der Waals surface area contributed by atoms with Crippen molar-refractivity contribution in [3.8, 4) is 0 Å². The van der Waals surface area contributed by atoms with Crippen LogP contribution < -0.4 is 4.90 Å². The molecule has 0 radical (unpaired) electrons. The number of halogens is 1. The van der Waals surface area contributed by atoms with Crippen LogP contribution in [-0.4, -0.2) is 54.3 Å². The van der Waals surface area contributed by atoms with Crippen LogP contribution in [0.2, 0.25) is 0 Å². The minimum atomic E-state index is -0.382. The molecule has 0 aromatic heterocycles. The monoisotopic (exact) mass is 391 g/mol. The van der Waals surface area contributed by atoms with Crippen molar-refractivity contribution < 1.29 is 14.0 Å². The molecule has 6 heteroatoms. The fourth-order valence-corrected chi connectivity index (χ4v) is 3.86. The molecule has 2 amide bonds. The summed E-state index contributed by atoms with van der Waals surface area (Å²) in [6, 6.07) is 15.8.